The number of fused-ring (bicyclic) bond motifs is 1. The summed E-state index contributed by atoms with van der Waals surface area (Å²) in [4.78, 5) is 16.2. The number of carbonyl (C=O) groups is 1. The summed E-state index contributed by atoms with van der Waals surface area (Å²) in [6.45, 7) is 6.14. The van der Waals surface area contributed by atoms with Crippen LogP contribution in [0.4, 0.5) is 0 Å². The normalized spacial score (nSPS) is 29.4. The average molecular weight is 256 g/mol. The van der Waals surface area contributed by atoms with Crippen molar-refractivity contribution in [2.24, 2.45) is 0 Å². The lowest BCUT2D eigenvalue weighted by Gasteiger charge is -2.30. The van der Waals surface area contributed by atoms with E-state index >= 15 is 0 Å². The zero-order valence-corrected chi connectivity index (χ0v) is 11.4. The highest BCUT2D eigenvalue weighted by molar-refractivity contribution is 5.78. The van der Waals surface area contributed by atoms with Gasteiger partial charge in [-0.15, -0.1) is 0 Å². The van der Waals surface area contributed by atoms with Crippen molar-refractivity contribution in [2.45, 2.75) is 37.8 Å². The van der Waals surface area contributed by atoms with Gasteiger partial charge < -0.3 is 9.84 Å². The van der Waals surface area contributed by atoms with E-state index in [2.05, 4.69) is 14.5 Å². The van der Waals surface area contributed by atoms with Gasteiger partial charge in [0.1, 0.15) is 0 Å². The summed E-state index contributed by atoms with van der Waals surface area (Å²) in [5.41, 5.74) is -1.40. The molecule has 0 aromatic heterocycles. The SMILES string of the molecule is COC(=O)C(C)(O)CN1CCCN2CCCC2C1. The summed E-state index contributed by atoms with van der Waals surface area (Å²) in [6.07, 6.45) is 3.61. The second-order valence-corrected chi connectivity index (χ2v) is 5.69. The molecule has 2 aliphatic rings. The Bertz CT molecular complexity index is 307. The van der Waals surface area contributed by atoms with Crippen molar-refractivity contribution in [3.05, 3.63) is 0 Å². The molecule has 18 heavy (non-hydrogen) atoms. The maximum absolute atomic E-state index is 11.5. The molecule has 0 aromatic rings. The Balaban J connectivity index is 1.94. The Morgan fingerprint density at radius 3 is 2.83 bits per heavy atom. The van der Waals surface area contributed by atoms with Crippen molar-refractivity contribution in [3.63, 3.8) is 0 Å². The lowest BCUT2D eigenvalue weighted by atomic mass is 10.1. The van der Waals surface area contributed by atoms with E-state index in [-0.39, 0.29) is 0 Å². The predicted molar refractivity (Wildman–Crippen MR) is 68.3 cm³/mol. The van der Waals surface area contributed by atoms with E-state index in [9.17, 15) is 9.90 Å². The number of ether oxygens (including phenoxy) is 1. The smallest absolute Gasteiger partial charge is 0.338 e. The molecule has 2 aliphatic heterocycles. The topological polar surface area (TPSA) is 53.0 Å². The first kappa shape index (κ1) is 13.8. The molecule has 2 saturated heterocycles. The lowest BCUT2D eigenvalue weighted by molar-refractivity contribution is -0.162. The molecule has 2 unspecified atom stereocenters. The number of aliphatic hydroxyl groups is 1. The molecule has 1 N–H and O–H groups in total. The maximum atomic E-state index is 11.5. The number of methoxy groups -OCH3 is 1. The third-order valence-electron chi connectivity index (χ3n) is 4.04. The monoisotopic (exact) mass is 256 g/mol. The van der Waals surface area contributed by atoms with Crippen LogP contribution in [0.25, 0.3) is 0 Å². The van der Waals surface area contributed by atoms with Crippen LogP contribution < -0.4 is 0 Å². The number of nitrogens with zero attached hydrogens (tertiary/aromatic N) is 2. The highest BCUT2D eigenvalue weighted by atomic mass is 16.5. The fourth-order valence-corrected chi connectivity index (χ4v) is 3.15. The summed E-state index contributed by atoms with van der Waals surface area (Å²) in [7, 11) is 1.32. The largest absolute Gasteiger partial charge is 0.467 e. The molecule has 0 spiro atoms. The van der Waals surface area contributed by atoms with Crippen LogP contribution in [-0.4, -0.2) is 72.4 Å². The molecular formula is C13H24N2O3. The average Bonchev–Trinajstić information content (AvgIpc) is 2.67. The third kappa shape index (κ3) is 3.02. The second kappa shape index (κ2) is 5.55. The van der Waals surface area contributed by atoms with Gasteiger partial charge in [0.2, 0.25) is 0 Å². The minimum Gasteiger partial charge on any atom is -0.467 e. The molecule has 5 heteroatoms. The van der Waals surface area contributed by atoms with Crippen LogP contribution in [0.2, 0.25) is 0 Å². The van der Waals surface area contributed by atoms with Crippen LogP contribution in [0.1, 0.15) is 26.2 Å². The molecule has 2 heterocycles. The van der Waals surface area contributed by atoms with Gasteiger partial charge >= 0.3 is 5.97 Å². The van der Waals surface area contributed by atoms with Gasteiger partial charge in [-0.1, -0.05) is 0 Å². The molecule has 0 aliphatic carbocycles. The van der Waals surface area contributed by atoms with E-state index in [1.54, 1.807) is 0 Å². The van der Waals surface area contributed by atoms with E-state index in [1.165, 1.54) is 33.4 Å². The number of rotatable bonds is 3. The molecule has 2 rings (SSSR count). The van der Waals surface area contributed by atoms with Crippen LogP contribution in [0.15, 0.2) is 0 Å². The highest BCUT2D eigenvalue weighted by Gasteiger charge is 2.36. The van der Waals surface area contributed by atoms with Gasteiger partial charge in [0.05, 0.1) is 7.11 Å². The summed E-state index contributed by atoms with van der Waals surface area (Å²) >= 11 is 0. The van der Waals surface area contributed by atoms with Gasteiger partial charge in [-0.2, -0.15) is 0 Å². The summed E-state index contributed by atoms with van der Waals surface area (Å²) in [6, 6.07) is 0.598. The maximum Gasteiger partial charge on any atom is 0.338 e. The number of esters is 1. The van der Waals surface area contributed by atoms with Crippen molar-refractivity contribution >= 4 is 5.97 Å². The number of carbonyl (C=O) groups excluding carboxylic acids is 1. The molecule has 104 valence electrons. The summed E-state index contributed by atoms with van der Waals surface area (Å²) < 4.78 is 4.65. The standard InChI is InChI=1S/C13H24N2O3/c1-13(17,12(16)18-2)10-14-6-4-8-15-7-3-5-11(15)9-14/h11,17H,3-10H2,1-2H3. The third-order valence-corrected chi connectivity index (χ3v) is 4.04. The second-order valence-electron chi connectivity index (χ2n) is 5.69. The van der Waals surface area contributed by atoms with E-state index in [4.69, 9.17) is 0 Å². The summed E-state index contributed by atoms with van der Waals surface area (Å²) in [5.74, 6) is -0.546. The molecule has 0 aromatic carbocycles. The van der Waals surface area contributed by atoms with Crippen molar-refractivity contribution in [2.75, 3.05) is 39.8 Å². The highest BCUT2D eigenvalue weighted by Crippen LogP contribution is 2.22. The van der Waals surface area contributed by atoms with Crippen LogP contribution in [0, 0.1) is 0 Å². The molecule has 2 atom stereocenters. The zero-order chi connectivity index (χ0) is 13.2. The molecule has 0 saturated carbocycles. The first-order valence-corrected chi connectivity index (χ1v) is 6.80. The fraction of sp³-hybridized carbons (Fsp3) is 0.923. The van der Waals surface area contributed by atoms with Gasteiger partial charge in [-0.25, -0.2) is 4.79 Å². The molecule has 5 nitrogen and oxygen atoms in total. The van der Waals surface area contributed by atoms with Crippen LogP contribution in [0.5, 0.6) is 0 Å². The minimum absolute atomic E-state index is 0.365. The number of hydrogen-bond acceptors (Lipinski definition) is 5. The Kier molecular flexibility index (Phi) is 4.25. The molecular weight excluding hydrogens is 232 g/mol. The van der Waals surface area contributed by atoms with Crippen LogP contribution in [0.3, 0.4) is 0 Å². The fourth-order valence-electron chi connectivity index (χ4n) is 3.15. The number of β-amino-alcohol motifs (C(OH)–C–C–N with tert-alkyl or cyclic N) is 1. The van der Waals surface area contributed by atoms with Crippen molar-refractivity contribution in [1.29, 1.82) is 0 Å². The Morgan fingerprint density at radius 1 is 1.39 bits per heavy atom. The van der Waals surface area contributed by atoms with Crippen LogP contribution >= 0.6 is 0 Å². The number of hydrogen-bond donors (Lipinski definition) is 1. The van der Waals surface area contributed by atoms with Gasteiger partial charge in [0, 0.05) is 19.1 Å². The van der Waals surface area contributed by atoms with Gasteiger partial charge in [0.25, 0.3) is 0 Å². The zero-order valence-electron chi connectivity index (χ0n) is 11.4. The first-order valence-electron chi connectivity index (χ1n) is 6.80. The Morgan fingerprint density at radius 2 is 2.11 bits per heavy atom. The van der Waals surface area contributed by atoms with Gasteiger partial charge in [0.15, 0.2) is 5.60 Å². The Hall–Kier alpha value is -0.650. The van der Waals surface area contributed by atoms with E-state index in [1.807, 2.05) is 0 Å². The molecule has 0 amide bonds. The predicted octanol–water partition coefficient (Wildman–Crippen LogP) is 0.0805. The molecule has 2 fully saturated rings. The van der Waals surface area contributed by atoms with Crippen LogP contribution in [-0.2, 0) is 9.53 Å². The molecule has 0 radical (unpaired) electrons. The lowest BCUT2D eigenvalue weighted by Crippen LogP contribution is -2.49. The van der Waals surface area contributed by atoms with Crippen molar-refractivity contribution < 1.29 is 14.6 Å². The van der Waals surface area contributed by atoms with E-state index in [0.717, 1.165) is 26.1 Å². The van der Waals surface area contributed by atoms with E-state index in [0.29, 0.717) is 12.6 Å². The van der Waals surface area contributed by atoms with Gasteiger partial charge in [-0.3, -0.25) is 9.80 Å². The summed E-state index contributed by atoms with van der Waals surface area (Å²) in [5, 5.41) is 10.1. The quantitative estimate of drug-likeness (QED) is 0.725. The molecule has 0 bridgehead atoms. The first-order chi connectivity index (χ1) is 8.53. The Labute approximate surface area is 109 Å². The minimum atomic E-state index is -1.40. The van der Waals surface area contributed by atoms with Crippen molar-refractivity contribution in [1.82, 2.24) is 9.80 Å². The van der Waals surface area contributed by atoms with Gasteiger partial charge in [-0.05, 0) is 45.8 Å². The van der Waals surface area contributed by atoms with E-state index < -0.39 is 11.6 Å². The van der Waals surface area contributed by atoms with Crippen molar-refractivity contribution in [3.8, 4) is 0 Å².